The summed E-state index contributed by atoms with van der Waals surface area (Å²) in [6.07, 6.45) is 1.36. The van der Waals surface area contributed by atoms with Gasteiger partial charge in [-0.1, -0.05) is 29.8 Å². The van der Waals surface area contributed by atoms with Crippen molar-refractivity contribution in [3.63, 3.8) is 0 Å². The highest BCUT2D eigenvalue weighted by molar-refractivity contribution is 7.89. The molecule has 2 rings (SSSR count). The van der Waals surface area contributed by atoms with Gasteiger partial charge in [0.15, 0.2) is 11.6 Å². The number of aromatic nitrogens is 1. The molecule has 0 atom stereocenters. The SMILES string of the molecule is C=C(CCNC(=O)COc1ccc(Cl)c(F)c1)NS(=O)(=O)c1ccc(Cl)cn1. The minimum Gasteiger partial charge on any atom is -0.484 e. The van der Waals surface area contributed by atoms with Gasteiger partial charge in [-0.05, 0) is 24.3 Å². The van der Waals surface area contributed by atoms with E-state index in [1.807, 2.05) is 0 Å². The number of ether oxygens (including phenoxy) is 1. The molecule has 0 bridgehead atoms. The number of benzene rings is 1. The summed E-state index contributed by atoms with van der Waals surface area (Å²) < 4.78 is 45.0. The zero-order chi connectivity index (χ0) is 20.7. The van der Waals surface area contributed by atoms with Crippen molar-refractivity contribution in [3.05, 3.63) is 64.7 Å². The Balaban J connectivity index is 1.74. The molecule has 0 fully saturated rings. The molecule has 0 unspecified atom stereocenters. The average molecular weight is 448 g/mol. The fourth-order valence-corrected chi connectivity index (χ4v) is 3.19. The molecule has 7 nitrogen and oxygen atoms in total. The van der Waals surface area contributed by atoms with E-state index in [1.54, 1.807) is 0 Å². The van der Waals surface area contributed by atoms with Gasteiger partial charge >= 0.3 is 0 Å². The van der Waals surface area contributed by atoms with Gasteiger partial charge in [-0.3, -0.25) is 9.52 Å². The molecule has 2 N–H and O–H groups in total. The Kier molecular flexibility index (Phi) is 7.61. The Bertz CT molecular complexity index is 969. The maximum atomic E-state index is 13.3. The van der Waals surface area contributed by atoms with Gasteiger partial charge in [0.25, 0.3) is 15.9 Å². The normalized spacial score (nSPS) is 11.0. The van der Waals surface area contributed by atoms with E-state index in [2.05, 4.69) is 21.6 Å². The summed E-state index contributed by atoms with van der Waals surface area (Å²) in [5, 5.41) is 2.59. The first-order valence-corrected chi connectivity index (χ1v) is 10.1. The van der Waals surface area contributed by atoms with Crippen LogP contribution in [-0.2, 0) is 14.8 Å². The maximum Gasteiger partial charge on any atom is 0.279 e. The number of halogens is 3. The third kappa shape index (κ3) is 6.66. The van der Waals surface area contributed by atoms with Crippen LogP contribution in [0, 0.1) is 5.82 Å². The zero-order valence-corrected chi connectivity index (χ0v) is 16.7. The van der Waals surface area contributed by atoms with Gasteiger partial charge < -0.3 is 10.1 Å². The van der Waals surface area contributed by atoms with Crippen LogP contribution in [0.1, 0.15) is 6.42 Å². The van der Waals surface area contributed by atoms with Crippen LogP contribution < -0.4 is 14.8 Å². The minimum absolute atomic E-state index is 0.0495. The molecule has 11 heteroatoms. The summed E-state index contributed by atoms with van der Waals surface area (Å²) in [5.74, 6) is -0.964. The van der Waals surface area contributed by atoms with Gasteiger partial charge in [-0.2, -0.15) is 8.42 Å². The highest BCUT2D eigenvalue weighted by atomic mass is 35.5. The number of sulfonamides is 1. The lowest BCUT2D eigenvalue weighted by molar-refractivity contribution is -0.123. The summed E-state index contributed by atoms with van der Waals surface area (Å²) in [6, 6.07) is 6.47. The van der Waals surface area contributed by atoms with Crippen molar-refractivity contribution in [1.82, 2.24) is 15.0 Å². The van der Waals surface area contributed by atoms with Crippen LogP contribution in [-0.4, -0.2) is 32.5 Å². The van der Waals surface area contributed by atoms with Crippen LogP contribution in [0.5, 0.6) is 5.75 Å². The molecule has 150 valence electrons. The van der Waals surface area contributed by atoms with E-state index in [4.69, 9.17) is 27.9 Å². The summed E-state index contributed by atoms with van der Waals surface area (Å²) >= 11 is 11.2. The number of nitrogens with one attached hydrogen (secondary N) is 2. The van der Waals surface area contributed by atoms with E-state index >= 15 is 0 Å². The summed E-state index contributed by atoms with van der Waals surface area (Å²) in [7, 11) is -3.88. The highest BCUT2D eigenvalue weighted by Crippen LogP contribution is 2.20. The quantitative estimate of drug-likeness (QED) is 0.615. The standard InChI is InChI=1S/C17H16Cl2FN3O4S/c1-11(23-28(25,26)17-5-2-12(18)9-22-17)6-7-21-16(24)10-27-13-3-4-14(19)15(20)8-13/h2-5,8-9,23H,1,6-7,10H2,(H,21,24). The number of nitrogens with zero attached hydrogens (tertiary/aromatic N) is 1. The number of amides is 1. The number of hydrogen-bond acceptors (Lipinski definition) is 5. The first kappa shape index (κ1) is 21.9. The zero-order valence-electron chi connectivity index (χ0n) is 14.4. The number of carbonyl (C=O) groups is 1. The number of carbonyl (C=O) groups excluding carboxylic acids is 1. The molecule has 28 heavy (non-hydrogen) atoms. The molecule has 2 aromatic rings. The molecule has 0 aliphatic carbocycles. The van der Waals surface area contributed by atoms with Gasteiger partial charge in [0.05, 0.1) is 10.0 Å². The Morgan fingerprint density at radius 2 is 2.00 bits per heavy atom. The second-order valence-electron chi connectivity index (χ2n) is 5.49. The van der Waals surface area contributed by atoms with Crippen LogP contribution in [0.25, 0.3) is 0 Å². The van der Waals surface area contributed by atoms with Crippen molar-refractivity contribution in [2.45, 2.75) is 11.4 Å². The van der Waals surface area contributed by atoms with Gasteiger partial charge in [-0.15, -0.1) is 0 Å². The Labute approximate surface area is 171 Å². The van der Waals surface area contributed by atoms with E-state index in [1.165, 1.54) is 30.5 Å². The third-order valence-electron chi connectivity index (χ3n) is 3.26. The largest absolute Gasteiger partial charge is 0.484 e. The number of pyridine rings is 1. The third-order valence-corrected chi connectivity index (χ3v) is 5.14. The fourth-order valence-electron chi connectivity index (χ4n) is 1.93. The van der Waals surface area contributed by atoms with Crippen molar-refractivity contribution < 1.29 is 22.3 Å². The molecule has 0 aliphatic rings. The monoisotopic (exact) mass is 447 g/mol. The summed E-state index contributed by atoms with van der Waals surface area (Å²) in [5.41, 5.74) is 0.165. The van der Waals surface area contributed by atoms with Crippen molar-refractivity contribution in [1.29, 1.82) is 0 Å². The first-order valence-electron chi connectivity index (χ1n) is 7.84. The average Bonchev–Trinajstić information content (AvgIpc) is 2.62. The topological polar surface area (TPSA) is 97.4 Å². The van der Waals surface area contributed by atoms with Gasteiger partial charge in [-0.25, -0.2) is 9.37 Å². The van der Waals surface area contributed by atoms with Crippen LogP contribution >= 0.6 is 23.2 Å². The van der Waals surface area contributed by atoms with Crippen molar-refractivity contribution in [3.8, 4) is 5.75 Å². The molecule has 1 aromatic heterocycles. The molecule has 1 heterocycles. The van der Waals surface area contributed by atoms with Gasteiger partial charge in [0, 0.05) is 30.9 Å². The van der Waals surface area contributed by atoms with Crippen LogP contribution in [0.2, 0.25) is 10.0 Å². The molecule has 0 radical (unpaired) electrons. The molecule has 1 amide bonds. The van der Waals surface area contributed by atoms with E-state index in [0.717, 1.165) is 6.07 Å². The number of hydrogen-bond donors (Lipinski definition) is 2. The Morgan fingerprint density at radius 3 is 2.64 bits per heavy atom. The lowest BCUT2D eigenvalue weighted by Gasteiger charge is -2.11. The summed E-state index contributed by atoms with van der Waals surface area (Å²) in [6.45, 7) is 3.39. The maximum absolute atomic E-state index is 13.3. The first-order chi connectivity index (χ1) is 13.2. The number of rotatable bonds is 9. The molecule has 1 aromatic carbocycles. The van der Waals surface area contributed by atoms with Crippen molar-refractivity contribution >= 4 is 39.1 Å². The van der Waals surface area contributed by atoms with E-state index in [9.17, 15) is 17.6 Å². The Morgan fingerprint density at radius 1 is 1.25 bits per heavy atom. The van der Waals surface area contributed by atoms with Crippen LogP contribution in [0.15, 0.2) is 53.8 Å². The second kappa shape index (κ2) is 9.72. The van der Waals surface area contributed by atoms with E-state index in [-0.39, 0.29) is 41.1 Å². The van der Waals surface area contributed by atoms with Crippen LogP contribution in [0.4, 0.5) is 4.39 Å². The minimum atomic E-state index is -3.88. The van der Waals surface area contributed by atoms with Crippen molar-refractivity contribution in [2.24, 2.45) is 0 Å². The molecule has 0 saturated heterocycles. The lowest BCUT2D eigenvalue weighted by atomic mass is 10.3. The second-order valence-corrected chi connectivity index (χ2v) is 7.96. The lowest BCUT2D eigenvalue weighted by Crippen LogP contribution is -2.31. The van der Waals surface area contributed by atoms with Gasteiger partial charge in [0.1, 0.15) is 11.6 Å². The summed E-state index contributed by atoms with van der Waals surface area (Å²) in [4.78, 5) is 15.5. The van der Waals surface area contributed by atoms with E-state index in [0.29, 0.717) is 5.02 Å². The van der Waals surface area contributed by atoms with Crippen molar-refractivity contribution in [2.75, 3.05) is 13.2 Å². The molecule has 0 aliphatic heterocycles. The highest BCUT2D eigenvalue weighted by Gasteiger charge is 2.16. The van der Waals surface area contributed by atoms with E-state index < -0.39 is 21.7 Å². The van der Waals surface area contributed by atoms with Crippen LogP contribution in [0.3, 0.4) is 0 Å². The molecular weight excluding hydrogens is 432 g/mol. The molecular formula is C17H16Cl2FN3O4S. The predicted molar refractivity (Wildman–Crippen MR) is 103 cm³/mol. The Hall–Kier alpha value is -2.36. The molecule has 0 saturated carbocycles. The molecule has 0 spiro atoms. The fraction of sp³-hybridized carbons (Fsp3) is 0.176. The van der Waals surface area contributed by atoms with Gasteiger partial charge in [0.2, 0.25) is 0 Å². The smallest absolute Gasteiger partial charge is 0.279 e. The predicted octanol–water partition coefficient (Wildman–Crippen LogP) is 2.90.